The Morgan fingerprint density at radius 2 is 1.86 bits per heavy atom. The van der Waals surface area contributed by atoms with Crippen LogP contribution in [0.3, 0.4) is 0 Å². The van der Waals surface area contributed by atoms with E-state index in [0.29, 0.717) is 28.2 Å². The van der Waals surface area contributed by atoms with Crippen LogP contribution in [0.5, 0.6) is 5.75 Å². The maximum absolute atomic E-state index is 13.4. The van der Waals surface area contributed by atoms with Crippen LogP contribution in [-0.2, 0) is 11.3 Å². The standard InChI is InChI=1S/C27H27N3O3S2/c1-33-22-10-5-9-21(14-22)28-26(32)25(19-7-3-2-4-8-19)35-27(34)29-15-18-13-20(17-29)23-11-6-12-24(31)30(23)16-18/h2-12,14,18,20,25H,13,15-17H2,1H3,(H,28,32)/t18-,20-,25+/m0/s1. The van der Waals surface area contributed by atoms with E-state index in [4.69, 9.17) is 17.0 Å². The zero-order chi connectivity index (χ0) is 24.4. The van der Waals surface area contributed by atoms with Gasteiger partial charge in [0.15, 0.2) is 0 Å². The van der Waals surface area contributed by atoms with Gasteiger partial charge in [0.25, 0.3) is 5.56 Å². The molecular weight excluding hydrogens is 478 g/mol. The summed E-state index contributed by atoms with van der Waals surface area (Å²) < 4.78 is 7.92. The van der Waals surface area contributed by atoms with Crippen molar-refractivity contribution >= 4 is 39.9 Å². The molecule has 2 aliphatic heterocycles. The number of carbonyl (C=O) groups excluding carboxylic acids is 1. The van der Waals surface area contributed by atoms with Gasteiger partial charge in [-0.05, 0) is 36.1 Å². The fourth-order valence-corrected chi connectivity index (χ4v) is 6.43. The zero-order valence-corrected chi connectivity index (χ0v) is 21.1. The number of rotatable bonds is 5. The van der Waals surface area contributed by atoms with Crippen LogP contribution in [0.4, 0.5) is 5.69 Å². The summed E-state index contributed by atoms with van der Waals surface area (Å²) in [5.41, 5.74) is 2.73. The molecule has 1 saturated heterocycles. The highest BCUT2D eigenvalue weighted by molar-refractivity contribution is 8.23. The number of piperidine rings is 1. The third-order valence-electron chi connectivity index (χ3n) is 6.63. The van der Waals surface area contributed by atoms with Gasteiger partial charge >= 0.3 is 0 Å². The molecule has 0 spiro atoms. The van der Waals surface area contributed by atoms with Crippen LogP contribution in [0.2, 0.25) is 0 Å². The van der Waals surface area contributed by atoms with Crippen LogP contribution >= 0.6 is 24.0 Å². The lowest BCUT2D eigenvalue weighted by atomic mass is 9.83. The fourth-order valence-electron chi connectivity index (χ4n) is 5.03. The average Bonchev–Trinajstić information content (AvgIpc) is 2.88. The molecule has 3 atom stereocenters. The van der Waals surface area contributed by atoms with E-state index >= 15 is 0 Å². The van der Waals surface area contributed by atoms with Crippen molar-refractivity contribution in [1.29, 1.82) is 0 Å². The van der Waals surface area contributed by atoms with Gasteiger partial charge in [0.05, 0.1) is 7.11 Å². The van der Waals surface area contributed by atoms with E-state index < -0.39 is 5.25 Å². The first-order valence-corrected chi connectivity index (χ1v) is 13.0. The zero-order valence-electron chi connectivity index (χ0n) is 19.4. The van der Waals surface area contributed by atoms with Gasteiger partial charge in [0.1, 0.15) is 15.3 Å². The molecule has 0 radical (unpaired) electrons. The molecule has 0 unspecified atom stereocenters. The summed E-state index contributed by atoms with van der Waals surface area (Å²) in [6, 6.07) is 22.6. The highest BCUT2D eigenvalue weighted by Crippen LogP contribution is 2.39. The van der Waals surface area contributed by atoms with Gasteiger partial charge in [0.2, 0.25) is 5.91 Å². The van der Waals surface area contributed by atoms with Crippen LogP contribution in [-0.4, -0.2) is 39.9 Å². The number of benzene rings is 2. The van der Waals surface area contributed by atoms with E-state index in [9.17, 15) is 9.59 Å². The highest BCUT2D eigenvalue weighted by Gasteiger charge is 2.36. The Morgan fingerprint density at radius 1 is 1.06 bits per heavy atom. The van der Waals surface area contributed by atoms with Crippen molar-refractivity contribution in [2.45, 2.75) is 24.1 Å². The topological polar surface area (TPSA) is 63.6 Å². The predicted octanol–water partition coefficient (Wildman–Crippen LogP) is 4.67. The molecule has 1 aromatic heterocycles. The van der Waals surface area contributed by atoms with Crippen molar-refractivity contribution in [2.75, 3.05) is 25.5 Å². The summed E-state index contributed by atoms with van der Waals surface area (Å²) in [6.45, 7) is 2.26. The molecule has 2 bridgehead atoms. The predicted molar refractivity (Wildman–Crippen MR) is 144 cm³/mol. The van der Waals surface area contributed by atoms with E-state index in [0.717, 1.165) is 30.8 Å². The first-order valence-electron chi connectivity index (χ1n) is 11.7. The summed E-state index contributed by atoms with van der Waals surface area (Å²) in [5.74, 6) is 1.17. The van der Waals surface area contributed by atoms with Crippen molar-refractivity contribution in [3.05, 3.63) is 94.4 Å². The molecule has 3 heterocycles. The molecule has 2 aromatic carbocycles. The quantitative estimate of drug-likeness (QED) is 0.509. The molecule has 1 N–H and O–H groups in total. The number of thiocarbonyl (C=S) groups is 1. The number of methoxy groups -OCH3 is 1. The van der Waals surface area contributed by atoms with Crippen molar-refractivity contribution in [1.82, 2.24) is 9.47 Å². The Balaban J connectivity index is 1.34. The summed E-state index contributed by atoms with van der Waals surface area (Å²) in [6.07, 6.45) is 1.06. The molecular formula is C27H27N3O3S2. The fraction of sp³-hybridized carbons (Fsp3) is 0.296. The molecule has 2 aliphatic rings. The lowest BCUT2D eigenvalue weighted by molar-refractivity contribution is -0.115. The number of pyridine rings is 1. The minimum atomic E-state index is -0.494. The number of anilines is 1. The molecule has 6 nitrogen and oxygen atoms in total. The molecule has 1 amide bonds. The summed E-state index contributed by atoms with van der Waals surface area (Å²) in [4.78, 5) is 28.0. The number of thioether (sulfide) groups is 1. The Kier molecular flexibility index (Phi) is 6.92. The SMILES string of the molecule is COc1cccc(NC(=O)[C@H](SC(=S)N2C[C@@H]3C[C@@H](C2)c2cccc(=O)n2C3)c2ccccc2)c1. The first-order chi connectivity index (χ1) is 17.0. The number of fused-ring (bicyclic) bond motifs is 4. The second-order valence-corrected chi connectivity index (χ2v) is 10.7. The molecule has 180 valence electrons. The number of nitrogens with one attached hydrogen (secondary N) is 1. The van der Waals surface area contributed by atoms with Crippen LogP contribution in [0.1, 0.15) is 28.8 Å². The summed E-state index contributed by atoms with van der Waals surface area (Å²) in [7, 11) is 1.60. The van der Waals surface area contributed by atoms with Crippen LogP contribution < -0.4 is 15.6 Å². The number of amides is 1. The Labute approximate surface area is 214 Å². The van der Waals surface area contributed by atoms with Gasteiger partial charge in [0, 0.05) is 49.1 Å². The Bertz CT molecular complexity index is 1290. The molecule has 8 heteroatoms. The number of hydrogen-bond acceptors (Lipinski definition) is 5. The molecule has 35 heavy (non-hydrogen) atoms. The van der Waals surface area contributed by atoms with Gasteiger partial charge in [-0.15, -0.1) is 0 Å². The summed E-state index contributed by atoms with van der Waals surface area (Å²) in [5, 5.41) is 2.53. The molecule has 0 aliphatic carbocycles. The first kappa shape index (κ1) is 23.6. The highest BCUT2D eigenvalue weighted by atomic mass is 32.2. The molecule has 0 saturated carbocycles. The number of likely N-dealkylation sites (tertiary alicyclic amines) is 1. The third kappa shape index (κ3) is 5.13. The number of nitrogens with zero attached hydrogens (tertiary/aromatic N) is 2. The van der Waals surface area contributed by atoms with Crippen molar-refractivity contribution < 1.29 is 9.53 Å². The minimum absolute atomic E-state index is 0.0703. The van der Waals surface area contributed by atoms with E-state index in [1.165, 1.54) is 11.8 Å². The Hall–Kier alpha value is -3.10. The van der Waals surface area contributed by atoms with E-state index in [2.05, 4.69) is 16.3 Å². The van der Waals surface area contributed by atoms with E-state index in [-0.39, 0.29) is 17.4 Å². The van der Waals surface area contributed by atoms with Gasteiger partial charge in [-0.25, -0.2) is 0 Å². The second kappa shape index (κ2) is 10.3. The third-order valence-corrected chi connectivity index (χ3v) is 8.36. The minimum Gasteiger partial charge on any atom is -0.497 e. The number of carbonyl (C=O) groups is 1. The van der Waals surface area contributed by atoms with Crippen molar-refractivity contribution in [3.8, 4) is 5.75 Å². The van der Waals surface area contributed by atoms with Gasteiger partial charge in [-0.1, -0.05) is 66.4 Å². The van der Waals surface area contributed by atoms with Gasteiger partial charge < -0.3 is 19.5 Å². The normalized spacial score (nSPS) is 19.4. The monoisotopic (exact) mass is 505 g/mol. The van der Waals surface area contributed by atoms with Gasteiger partial charge in [-0.2, -0.15) is 0 Å². The largest absolute Gasteiger partial charge is 0.497 e. The molecule has 1 fully saturated rings. The van der Waals surface area contributed by atoms with E-state index in [1.807, 2.05) is 59.2 Å². The lowest BCUT2D eigenvalue weighted by Crippen LogP contribution is -2.48. The smallest absolute Gasteiger partial charge is 0.250 e. The lowest BCUT2D eigenvalue weighted by Gasteiger charge is -2.43. The van der Waals surface area contributed by atoms with Crippen LogP contribution in [0.25, 0.3) is 0 Å². The van der Waals surface area contributed by atoms with Gasteiger partial charge in [-0.3, -0.25) is 9.59 Å². The number of ether oxygens (including phenoxy) is 1. The van der Waals surface area contributed by atoms with E-state index in [1.54, 1.807) is 19.2 Å². The van der Waals surface area contributed by atoms with Crippen molar-refractivity contribution in [3.63, 3.8) is 0 Å². The number of hydrogen-bond donors (Lipinski definition) is 1. The Morgan fingerprint density at radius 3 is 2.66 bits per heavy atom. The van der Waals surface area contributed by atoms with Crippen LogP contribution in [0.15, 0.2) is 77.6 Å². The van der Waals surface area contributed by atoms with Crippen molar-refractivity contribution in [2.24, 2.45) is 5.92 Å². The molecule has 3 aromatic rings. The second-order valence-electron chi connectivity index (χ2n) is 9.00. The maximum Gasteiger partial charge on any atom is 0.250 e. The number of aromatic nitrogens is 1. The maximum atomic E-state index is 13.4. The summed E-state index contributed by atoms with van der Waals surface area (Å²) >= 11 is 7.31. The van der Waals surface area contributed by atoms with Crippen LogP contribution in [0, 0.1) is 5.92 Å². The average molecular weight is 506 g/mol. The molecule has 5 rings (SSSR count).